The number of alkyl halides is 3. The van der Waals surface area contributed by atoms with Gasteiger partial charge in [0.05, 0.1) is 6.54 Å². The Morgan fingerprint density at radius 2 is 2.21 bits per heavy atom. The summed E-state index contributed by atoms with van der Waals surface area (Å²) in [6, 6.07) is -1.52. The molecule has 0 spiro atoms. The van der Waals surface area contributed by atoms with Crippen molar-refractivity contribution in [3.05, 3.63) is 0 Å². The highest BCUT2D eigenvalue weighted by Crippen LogP contribution is 2.31. The molecule has 0 aromatic carbocycles. The topological polar surface area (TPSA) is 27.6 Å². The third-order valence-corrected chi connectivity index (χ3v) is 2.58. The van der Waals surface area contributed by atoms with Crippen molar-refractivity contribution in [2.24, 2.45) is 4.99 Å². The Labute approximate surface area is 80.0 Å². The van der Waals surface area contributed by atoms with Crippen molar-refractivity contribution in [1.29, 1.82) is 0 Å². The summed E-state index contributed by atoms with van der Waals surface area (Å²) in [4.78, 5) is 5.32. The lowest BCUT2D eigenvalue weighted by Gasteiger charge is -2.39. The quantitative estimate of drug-likeness (QED) is 0.641. The Hall–Kier alpha value is -0.940. The molecule has 14 heavy (non-hydrogen) atoms. The van der Waals surface area contributed by atoms with Crippen molar-refractivity contribution >= 4 is 5.96 Å². The van der Waals surface area contributed by atoms with Crippen molar-refractivity contribution in [1.82, 2.24) is 10.2 Å². The molecule has 3 nitrogen and oxygen atoms in total. The Morgan fingerprint density at radius 1 is 1.50 bits per heavy atom. The van der Waals surface area contributed by atoms with Gasteiger partial charge in [-0.2, -0.15) is 13.2 Å². The monoisotopic (exact) mass is 207 g/mol. The van der Waals surface area contributed by atoms with Crippen molar-refractivity contribution in [3.63, 3.8) is 0 Å². The van der Waals surface area contributed by atoms with Crippen LogP contribution in [0.5, 0.6) is 0 Å². The van der Waals surface area contributed by atoms with E-state index in [0.29, 0.717) is 19.0 Å². The highest BCUT2D eigenvalue weighted by atomic mass is 19.4. The van der Waals surface area contributed by atoms with E-state index in [1.807, 2.05) is 0 Å². The number of hydrogen-bond donors (Lipinski definition) is 1. The molecule has 0 aromatic heterocycles. The Morgan fingerprint density at radius 3 is 2.86 bits per heavy atom. The van der Waals surface area contributed by atoms with Crippen LogP contribution in [-0.4, -0.2) is 42.2 Å². The highest BCUT2D eigenvalue weighted by Gasteiger charge is 2.48. The van der Waals surface area contributed by atoms with Crippen LogP contribution < -0.4 is 5.32 Å². The van der Waals surface area contributed by atoms with E-state index in [4.69, 9.17) is 0 Å². The number of fused-ring (bicyclic) bond motifs is 1. The number of nitrogens with one attached hydrogen (secondary N) is 1. The molecule has 2 rings (SSSR count). The maximum atomic E-state index is 12.6. The van der Waals surface area contributed by atoms with Gasteiger partial charge in [0, 0.05) is 12.6 Å². The molecule has 2 unspecified atom stereocenters. The number of hydrogen-bond acceptors (Lipinski definition) is 3. The molecule has 0 aromatic rings. The number of aliphatic imine (C=N–C) groups is 1. The van der Waals surface area contributed by atoms with E-state index in [-0.39, 0.29) is 12.5 Å². The zero-order chi connectivity index (χ0) is 10.3. The van der Waals surface area contributed by atoms with E-state index in [0.717, 1.165) is 0 Å². The molecule has 2 heterocycles. The van der Waals surface area contributed by atoms with Crippen LogP contribution in [0.1, 0.15) is 13.3 Å². The zero-order valence-electron chi connectivity index (χ0n) is 7.80. The minimum absolute atomic E-state index is 0.0997. The van der Waals surface area contributed by atoms with E-state index >= 15 is 0 Å². The summed E-state index contributed by atoms with van der Waals surface area (Å²) >= 11 is 0. The molecule has 0 bridgehead atoms. The van der Waals surface area contributed by atoms with Gasteiger partial charge in [0.2, 0.25) is 0 Å². The smallest absolute Gasteiger partial charge is 0.354 e. The highest BCUT2D eigenvalue weighted by molar-refractivity contribution is 5.83. The van der Waals surface area contributed by atoms with Gasteiger partial charge in [0.1, 0.15) is 6.04 Å². The second kappa shape index (κ2) is 3.03. The van der Waals surface area contributed by atoms with E-state index in [1.54, 1.807) is 6.92 Å². The van der Waals surface area contributed by atoms with Crippen LogP contribution >= 0.6 is 0 Å². The van der Waals surface area contributed by atoms with Gasteiger partial charge in [-0.3, -0.25) is 4.99 Å². The van der Waals surface area contributed by atoms with Gasteiger partial charge < -0.3 is 10.2 Å². The molecule has 6 heteroatoms. The first-order valence-electron chi connectivity index (χ1n) is 4.63. The Balaban J connectivity index is 2.20. The minimum Gasteiger partial charge on any atom is -0.354 e. The van der Waals surface area contributed by atoms with Gasteiger partial charge in [-0.1, -0.05) is 0 Å². The maximum absolute atomic E-state index is 12.6. The molecule has 1 fully saturated rings. The average Bonchev–Trinajstić information content (AvgIpc) is 2.47. The SMILES string of the molecule is CC1CC(C(F)(F)F)N2CCN=C2N1. The van der Waals surface area contributed by atoms with Crippen molar-refractivity contribution in [3.8, 4) is 0 Å². The van der Waals surface area contributed by atoms with Crippen LogP contribution in [0, 0.1) is 0 Å². The lowest BCUT2D eigenvalue weighted by atomic mass is 10.0. The number of nitrogens with zero attached hydrogens (tertiary/aromatic N) is 2. The van der Waals surface area contributed by atoms with Crippen molar-refractivity contribution < 1.29 is 13.2 Å². The molecule has 2 aliphatic heterocycles. The van der Waals surface area contributed by atoms with Gasteiger partial charge in [-0.05, 0) is 13.3 Å². The summed E-state index contributed by atoms with van der Waals surface area (Å²) < 4.78 is 37.9. The standard InChI is InChI=1S/C8H12F3N3/c1-5-4-6(8(9,10)11)14-3-2-12-7(14)13-5/h5-6H,2-4H2,1H3,(H,12,13). The molecule has 2 atom stereocenters. The van der Waals surface area contributed by atoms with Crippen LogP contribution in [0.15, 0.2) is 4.99 Å². The number of halogens is 3. The Kier molecular flexibility index (Phi) is 2.08. The summed E-state index contributed by atoms with van der Waals surface area (Å²) in [5, 5.41) is 2.96. The van der Waals surface area contributed by atoms with Gasteiger partial charge >= 0.3 is 6.18 Å². The first-order valence-corrected chi connectivity index (χ1v) is 4.63. The fourth-order valence-electron chi connectivity index (χ4n) is 1.94. The fraction of sp³-hybridized carbons (Fsp3) is 0.875. The third kappa shape index (κ3) is 1.53. The molecule has 0 saturated carbocycles. The van der Waals surface area contributed by atoms with E-state index in [9.17, 15) is 13.2 Å². The van der Waals surface area contributed by atoms with Gasteiger partial charge in [0.15, 0.2) is 5.96 Å². The summed E-state index contributed by atoms with van der Waals surface area (Å²) in [6.07, 6.45) is -4.05. The molecule has 0 radical (unpaired) electrons. The van der Waals surface area contributed by atoms with Crippen LogP contribution in [-0.2, 0) is 0 Å². The first-order chi connectivity index (χ1) is 6.48. The maximum Gasteiger partial charge on any atom is 0.408 e. The van der Waals surface area contributed by atoms with Crippen LogP contribution in [0.4, 0.5) is 13.2 Å². The van der Waals surface area contributed by atoms with Gasteiger partial charge in [-0.25, -0.2) is 0 Å². The van der Waals surface area contributed by atoms with Gasteiger partial charge in [0.25, 0.3) is 0 Å². The molecule has 0 amide bonds. The Bertz CT molecular complexity index is 261. The molecule has 2 aliphatic rings. The molecule has 1 N–H and O–H groups in total. The second-order valence-corrected chi connectivity index (χ2v) is 3.74. The predicted octanol–water partition coefficient (Wildman–Crippen LogP) is 0.971. The van der Waals surface area contributed by atoms with Crippen LogP contribution in [0.3, 0.4) is 0 Å². The van der Waals surface area contributed by atoms with Gasteiger partial charge in [-0.15, -0.1) is 0 Å². The zero-order valence-corrected chi connectivity index (χ0v) is 7.80. The third-order valence-electron chi connectivity index (χ3n) is 2.58. The van der Waals surface area contributed by atoms with E-state index < -0.39 is 12.2 Å². The van der Waals surface area contributed by atoms with E-state index in [1.165, 1.54) is 4.90 Å². The van der Waals surface area contributed by atoms with E-state index in [2.05, 4.69) is 10.3 Å². The summed E-state index contributed by atoms with van der Waals surface area (Å²) in [7, 11) is 0. The summed E-state index contributed by atoms with van der Waals surface area (Å²) in [5.41, 5.74) is 0. The lowest BCUT2D eigenvalue weighted by Crippen LogP contribution is -2.59. The van der Waals surface area contributed by atoms with Crippen LogP contribution in [0.25, 0.3) is 0 Å². The number of rotatable bonds is 0. The lowest BCUT2D eigenvalue weighted by molar-refractivity contribution is -0.178. The molecular weight excluding hydrogens is 195 g/mol. The minimum atomic E-state index is -4.15. The molecule has 0 aliphatic carbocycles. The summed E-state index contributed by atoms with van der Waals surface area (Å²) in [5.74, 6) is 0.408. The normalized spacial score (nSPS) is 32.3. The summed E-state index contributed by atoms with van der Waals surface area (Å²) in [6.45, 7) is 2.58. The second-order valence-electron chi connectivity index (χ2n) is 3.74. The molecular formula is C8H12F3N3. The van der Waals surface area contributed by atoms with Crippen molar-refractivity contribution in [2.45, 2.75) is 31.6 Å². The average molecular weight is 207 g/mol. The molecule has 1 saturated heterocycles. The first kappa shape index (κ1) is 9.61. The molecule has 80 valence electrons. The van der Waals surface area contributed by atoms with Crippen LogP contribution in [0.2, 0.25) is 0 Å². The fourth-order valence-corrected chi connectivity index (χ4v) is 1.94. The largest absolute Gasteiger partial charge is 0.408 e. The van der Waals surface area contributed by atoms with Crippen molar-refractivity contribution in [2.75, 3.05) is 13.1 Å². The predicted molar refractivity (Wildman–Crippen MR) is 46.1 cm³/mol. The number of guanidine groups is 1.